The third-order valence-corrected chi connectivity index (χ3v) is 5.66. The number of hydrogen-bond acceptors (Lipinski definition) is 5. The molecule has 0 aliphatic rings. The van der Waals surface area contributed by atoms with E-state index in [1.807, 2.05) is 54.5 Å². The van der Waals surface area contributed by atoms with Crippen LogP contribution in [0.3, 0.4) is 0 Å². The van der Waals surface area contributed by atoms with Gasteiger partial charge in [-0.1, -0.05) is 97.0 Å². The van der Waals surface area contributed by atoms with Crippen molar-refractivity contribution in [2.45, 2.75) is 67.1 Å². The summed E-state index contributed by atoms with van der Waals surface area (Å²) < 4.78 is 11.9. The minimum atomic E-state index is -0.901. The first-order valence-electron chi connectivity index (χ1n) is 11.4. The van der Waals surface area contributed by atoms with Crippen molar-refractivity contribution < 1.29 is 23.9 Å². The highest BCUT2D eigenvalue weighted by Gasteiger charge is 2.45. The first kappa shape index (κ1) is 26.3. The lowest BCUT2D eigenvalue weighted by molar-refractivity contribution is -0.161. The molecule has 0 bridgehead atoms. The van der Waals surface area contributed by atoms with E-state index in [0.29, 0.717) is 12.0 Å². The number of ketones is 1. The highest BCUT2D eigenvalue weighted by molar-refractivity contribution is 6.40. The molecule has 3 unspecified atom stereocenters. The fraction of sp³-hybridized carbons (Fsp3) is 0.464. The van der Waals surface area contributed by atoms with E-state index in [0.717, 1.165) is 0 Å². The van der Waals surface area contributed by atoms with Crippen LogP contribution in [-0.4, -0.2) is 29.9 Å². The Balaban J connectivity index is 2.36. The van der Waals surface area contributed by atoms with Gasteiger partial charge in [-0.2, -0.15) is 0 Å². The van der Waals surface area contributed by atoms with Crippen molar-refractivity contribution in [3.8, 4) is 0 Å². The van der Waals surface area contributed by atoms with Gasteiger partial charge in [-0.3, -0.25) is 4.79 Å². The molecule has 2 rings (SSSR count). The van der Waals surface area contributed by atoms with Gasteiger partial charge in [0.2, 0.25) is 0 Å². The molecule has 5 heteroatoms. The Morgan fingerprint density at radius 3 is 1.55 bits per heavy atom. The molecule has 2 aromatic rings. The first-order chi connectivity index (χ1) is 15.4. The maximum absolute atomic E-state index is 12.9. The lowest BCUT2D eigenvalue weighted by Crippen LogP contribution is -2.49. The lowest BCUT2D eigenvalue weighted by Gasteiger charge is -2.43. The van der Waals surface area contributed by atoms with Crippen molar-refractivity contribution in [2.24, 2.45) is 16.7 Å². The molecule has 0 aromatic heterocycles. The summed E-state index contributed by atoms with van der Waals surface area (Å²) in [7, 11) is 0. The molecule has 2 aromatic carbocycles. The van der Waals surface area contributed by atoms with E-state index >= 15 is 0 Å². The topological polar surface area (TPSA) is 69.7 Å². The molecule has 3 atom stereocenters. The van der Waals surface area contributed by atoms with Crippen molar-refractivity contribution in [3.05, 3.63) is 71.8 Å². The fourth-order valence-electron chi connectivity index (χ4n) is 4.03. The second kappa shape index (κ2) is 10.8. The second-order valence-corrected chi connectivity index (χ2v) is 10.5. The van der Waals surface area contributed by atoms with E-state index in [4.69, 9.17) is 9.47 Å². The summed E-state index contributed by atoms with van der Waals surface area (Å²) in [5, 5.41) is 0. The minimum Gasteiger partial charge on any atom is -0.458 e. The van der Waals surface area contributed by atoms with E-state index in [1.54, 1.807) is 54.6 Å². The van der Waals surface area contributed by atoms with Gasteiger partial charge in [-0.05, 0) is 29.4 Å². The molecule has 0 aliphatic heterocycles. The summed E-state index contributed by atoms with van der Waals surface area (Å²) in [6.45, 7) is 13.8. The van der Waals surface area contributed by atoms with Crippen LogP contribution in [0, 0.1) is 16.7 Å². The number of esters is 2. The Morgan fingerprint density at radius 1 is 0.697 bits per heavy atom. The van der Waals surface area contributed by atoms with Gasteiger partial charge in [0.15, 0.2) is 0 Å². The van der Waals surface area contributed by atoms with Gasteiger partial charge in [-0.25, -0.2) is 9.59 Å². The minimum absolute atomic E-state index is 0.283. The molecule has 0 saturated heterocycles. The zero-order valence-electron chi connectivity index (χ0n) is 20.8. The molecule has 0 heterocycles. The van der Waals surface area contributed by atoms with Crippen LogP contribution in [0.2, 0.25) is 0 Å². The maximum atomic E-state index is 12.9. The Hall–Kier alpha value is -2.95. The number of carbonyl (C=O) groups excluding carboxylic acids is 3. The molecule has 0 radical (unpaired) electrons. The Labute approximate surface area is 197 Å². The SMILES string of the molecule is CCC(C(OC(=O)C(=O)c1ccccc1)C(C)(C)C)C(OC(=O)c1ccccc1)C(C)(C)C. The Morgan fingerprint density at radius 2 is 1.12 bits per heavy atom. The Kier molecular flexibility index (Phi) is 8.59. The lowest BCUT2D eigenvalue weighted by atomic mass is 9.71. The molecule has 0 fully saturated rings. The molecule has 5 nitrogen and oxygen atoms in total. The molecule has 0 saturated carbocycles. The average molecular weight is 453 g/mol. The van der Waals surface area contributed by atoms with E-state index in [-0.39, 0.29) is 11.5 Å². The number of Topliss-reactive ketones (excluding diaryl/α,β-unsaturated/α-hetero) is 1. The van der Waals surface area contributed by atoms with Crippen molar-refractivity contribution in [3.63, 3.8) is 0 Å². The zero-order chi connectivity index (χ0) is 24.8. The van der Waals surface area contributed by atoms with Crippen LogP contribution in [-0.2, 0) is 14.3 Å². The number of carbonyl (C=O) groups is 3. The monoisotopic (exact) mass is 452 g/mol. The predicted molar refractivity (Wildman–Crippen MR) is 129 cm³/mol. The van der Waals surface area contributed by atoms with Crippen molar-refractivity contribution in [1.82, 2.24) is 0 Å². The van der Waals surface area contributed by atoms with E-state index in [9.17, 15) is 14.4 Å². The summed E-state index contributed by atoms with van der Waals surface area (Å²) in [5.41, 5.74) is -0.170. The van der Waals surface area contributed by atoms with Gasteiger partial charge in [-0.15, -0.1) is 0 Å². The van der Waals surface area contributed by atoms with Crippen LogP contribution in [0.5, 0.6) is 0 Å². The molecule has 33 heavy (non-hydrogen) atoms. The van der Waals surface area contributed by atoms with Gasteiger partial charge >= 0.3 is 11.9 Å². The number of ether oxygens (including phenoxy) is 2. The first-order valence-corrected chi connectivity index (χ1v) is 11.4. The van der Waals surface area contributed by atoms with Crippen LogP contribution >= 0.6 is 0 Å². The van der Waals surface area contributed by atoms with Crippen molar-refractivity contribution >= 4 is 17.7 Å². The summed E-state index contributed by atoms with van der Waals surface area (Å²) in [5.74, 6) is -2.33. The largest absolute Gasteiger partial charge is 0.458 e. The number of hydrogen-bond donors (Lipinski definition) is 0. The molecule has 0 amide bonds. The molecule has 0 N–H and O–H groups in total. The van der Waals surface area contributed by atoms with Gasteiger partial charge < -0.3 is 9.47 Å². The van der Waals surface area contributed by atoms with Gasteiger partial charge in [0, 0.05) is 11.5 Å². The summed E-state index contributed by atoms with van der Waals surface area (Å²) >= 11 is 0. The molecule has 0 aliphatic carbocycles. The second-order valence-electron chi connectivity index (χ2n) is 10.5. The highest BCUT2D eigenvalue weighted by Crippen LogP contribution is 2.39. The molecular formula is C28H36O5. The van der Waals surface area contributed by atoms with Crippen LogP contribution in [0.25, 0.3) is 0 Å². The normalized spacial score (nSPS) is 14.6. The third-order valence-electron chi connectivity index (χ3n) is 5.66. The van der Waals surface area contributed by atoms with E-state index in [2.05, 4.69) is 0 Å². The molecular weight excluding hydrogens is 416 g/mol. The Bertz CT molecular complexity index is 936. The highest BCUT2D eigenvalue weighted by atomic mass is 16.6. The van der Waals surface area contributed by atoms with Gasteiger partial charge in [0.1, 0.15) is 12.2 Å². The smallest absolute Gasteiger partial charge is 0.379 e. The summed E-state index contributed by atoms with van der Waals surface area (Å²) in [4.78, 5) is 38.5. The average Bonchev–Trinajstić information content (AvgIpc) is 2.77. The van der Waals surface area contributed by atoms with Gasteiger partial charge in [0.25, 0.3) is 5.78 Å². The van der Waals surface area contributed by atoms with Crippen LogP contribution in [0.4, 0.5) is 0 Å². The van der Waals surface area contributed by atoms with Crippen LogP contribution in [0.1, 0.15) is 75.6 Å². The van der Waals surface area contributed by atoms with E-state index in [1.165, 1.54) is 0 Å². The molecule has 178 valence electrons. The number of benzene rings is 2. The third kappa shape index (κ3) is 7.01. The molecule has 0 spiro atoms. The zero-order valence-corrected chi connectivity index (χ0v) is 20.8. The predicted octanol–water partition coefficient (Wildman–Crippen LogP) is 6.13. The standard InChI is InChI=1S/C28H36O5/c1-8-21(23(27(2,3)4)32-25(30)20-17-13-10-14-18-20)24(28(5,6)7)33-26(31)22(29)19-15-11-9-12-16-19/h9-18,21,23-24H,8H2,1-7H3. The quantitative estimate of drug-likeness (QED) is 0.274. The maximum Gasteiger partial charge on any atom is 0.379 e. The number of rotatable bonds is 8. The van der Waals surface area contributed by atoms with Crippen LogP contribution in [0.15, 0.2) is 60.7 Å². The van der Waals surface area contributed by atoms with Crippen LogP contribution < -0.4 is 0 Å². The fourth-order valence-corrected chi connectivity index (χ4v) is 4.03. The summed E-state index contributed by atoms with van der Waals surface area (Å²) in [6.07, 6.45) is -0.590. The van der Waals surface area contributed by atoms with Crippen molar-refractivity contribution in [2.75, 3.05) is 0 Å². The van der Waals surface area contributed by atoms with E-state index < -0.39 is 40.8 Å². The van der Waals surface area contributed by atoms with Gasteiger partial charge in [0.05, 0.1) is 5.56 Å². The van der Waals surface area contributed by atoms with Crippen molar-refractivity contribution in [1.29, 1.82) is 0 Å². The summed E-state index contributed by atoms with van der Waals surface area (Å²) in [6, 6.07) is 17.2.